The zero-order chi connectivity index (χ0) is 19.3. The van der Waals surface area contributed by atoms with Gasteiger partial charge in [0.1, 0.15) is 0 Å². The third-order valence-electron chi connectivity index (χ3n) is 5.34. The van der Waals surface area contributed by atoms with Crippen LogP contribution in [0.2, 0.25) is 0 Å². The number of benzene rings is 1. The number of carbonyl (C=O) groups excluding carboxylic acids is 1. The van der Waals surface area contributed by atoms with Crippen molar-refractivity contribution in [3.63, 3.8) is 0 Å². The van der Waals surface area contributed by atoms with E-state index in [1.165, 1.54) is 10.9 Å². The molecule has 1 aliphatic heterocycles. The molecule has 3 rings (SSSR count). The van der Waals surface area contributed by atoms with Crippen molar-refractivity contribution < 1.29 is 13.2 Å². The smallest absolute Gasteiger partial charge is 0.223 e. The summed E-state index contributed by atoms with van der Waals surface area (Å²) in [6.07, 6.45) is 5.54. The number of para-hydroxylation sites is 1. The van der Waals surface area contributed by atoms with Crippen molar-refractivity contribution >= 4 is 26.8 Å². The van der Waals surface area contributed by atoms with E-state index in [1.807, 2.05) is 31.3 Å². The lowest BCUT2D eigenvalue weighted by atomic mass is 9.97. The van der Waals surface area contributed by atoms with E-state index in [1.54, 1.807) is 4.31 Å². The fraction of sp³-hybridized carbons (Fsp3) is 0.550. The van der Waals surface area contributed by atoms with E-state index in [0.29, 0.717) is 38.9 Å². The van der Waals surface area contributed by atoms with Crippen LogP contribution in [-0.2, 0) is 21.2 Å². The first-order valence-corrected chi connectivity index (χ1v) is 11.4. The number of nitrogens with one attached hydrogen (secondary N) is 2. The highest BCUT2D eigenvalue weighted by atomic mass is 32.2. The van der Waals surface area contributed by atoms with E-state index >= 15 is 0 Å². The summed E-state index contributed by atoms with van der Waals surface area (Å²) in [5.41, 5.74) is 2.30. The van der Waals surface area contributed by atoms with Crippen LogP contribution in [0.25, 0.3) is 10.9 Å². The van der Waals surface area contributed by atoms with Gasteiger partial charge in [-0.3, -0.25) is 4.79 Å². The molecule has 0 unspecified atom stereocenters. The third kappa shape index (κ3) is 4.90. The number of hydrogen-bond acceptors (Lipinski definition) is 3. The van der Waals surface area contributed by atoms with Gasteiger partial charge in [0, 0.05) is 42.7 Å². The monoisotopic (exact) mass is 391 g/mol. The van der Waals surface area contributed by atoms with Crippen LogP contribution in [0.15, 0.2) is 30.5 Å². The van der Waals surface area contributed by atoms with Gasteiger partial charge >= 0.3 is 0 Å². The first-order valence-electron chi connectivity index (χ1n) is 9.82. The lowest BCUT2D eigenvalue weighted by Crippen LogP contribution is -2.44. The van der Waals surface area contributed by atoms with Gasteiger partial charge in [-0.15, -0.1) is 0 Å². The van der Waals surface area contributed by atoms with Crippen LogP contribution in [-0.4, -0.2) is 49.0 Å². The van der Waals surface area contributed by atoms with Crippen molar-refractivity contribution in [3.8, 4) is 0 Å². The van der Waals surface area contributed by atoms with Crippen LogP contribution in [0.1, 0.15) is 38.2 Å². The minimum atomic E-state index is -3.16. The Morgan fingerprint density at radius 3 is 2.74 bits per heavy atom. The first kappa shape index (κ1) is 19.9. The van der Waals surface area contributed by atoms with Crippen molar-refractivity contribution in [2.24, 2.45) is 5.92 Å². The molecule has 7 heteroatoms. The molecule has 148 valence electrons. The number of nitrogens with zero attached hydrogens (tertiary/aromatic N) is 1. The minimum Gasteiger partial charge on any atom is -0.361 e. The number of piperidine rings is 1. The standard InChI is InChI=1S/C20H29N3O3S/c1-2-3-14-27(25,26)23-12-9-16(10-13-23)20(24)21-11-8-17-15-22-19-7-5-4-6-18(17)19/h4-7,15-16,22H,2-3,8-14H2,1H3,(H,21,24). The maximum absolute atomic E-state index is 12.4. The Balaban J connectivity index is 1.44. The van der Waals surface area contributed by atoms with Gasteiger partial charge in [0.15, 0.2) is 0 Å². The molecule has 0 spiro atoms. The Kier molecular flexibility index (Phi) is 6.55. The second kappa shape index (κ2) is 8.89. The third-order valence-corrected chi connectivity index (χ3v) is 7.30. The Morgan fingerprint density at radius 2 is 2.00 bits per heavy atom. The molecule has 6 nitrogen and oxygen atoms in total. The number of hydrogen-bond donors (Lipinski definition) is 2. The molecule has 2 heterocycles. The second-order valence-corrected chi connectivity index (χ2v) is 9.33. The fourth-order valence-corrected chi connectivity index (χ4v) is 5.33. The zero-order valence-corrected chi connectivity index (χ0v) is 16.7. The number of sulfonamides is 1. The molecular formula is C20H29N3O3S. The molecule has 1 amide bonds. The molecule has 1 aromatic heterocycles. The summed E-state index contributed by atoms with van der Waals surface area (Å²) < 4.78 is 26.1. The maximum atomic E-state index is 12.4. The lowest BCUT2D eigenvalue weighted by Gasteiger charge is -2.30. The van der Waals surface area contributed by atoms with Gasteiger partial charge in [-0.1, -0.05) is 31.5 Å². The second-order valence-electron chi connectivity index (χ2n) is 7.24. The summed E-state index contributed by atoms with van der Waals surface area (Å²) in [5.74, 6) is 0.163. The van der Waals surface area contributed by atoms with E-state index in [0.717, 1.165) is 18.4 Å². The average molecular weight is 392 g/mol. The molecule has 0 saturated carbocycles. The minimum absolute atomic E-state index is 0.0421. The van der Waals surface area contributed by atoms with Gasteiger partial charge in [-0.05, 0) is 37.3 Å². The predicted molar refractivity (Wildman–Crippen MR) is 108 cm³/mol. The number of H-pyrrole nitrogens is 1. The first-order chi connectivity index (χ1) is 13.0. The van der Waals surface area contributed by atoms with Crippen molar-refractivity contribution in [1.29, 1.82) is 0 Å². The van der Waals surface area contributed by atoms with Crippen LogP contribution in [0.4, 0.5) is 0 Å². The molecule has 0 radical (unpaired) electrons. The molecule has 0 aliphatic carbocycles. The maximum Gasteiger partial charge on any atom is 0.223 e. The molecule has 0 atom stereocenters. The fourth-order valence-electron chi connectivity index (χ4n) is 3.66. The molecular weight excluding hydrogens is 362 g/mol. The topological polar surface area (TPSA) is 82.3 Å². The van der Waals surface area contributed by atoms with Crippen LogP contribution in [0.3, 0.4) is 0 Å². The molecule has 1 aromatic carbocycles. The molecule has 27 heavy (non-hydrogen) atoms. The molecule has 1 saturated heterocycles. The Labute approximate surface area is 161 Å². The predicted octanol–water partition coefficient (Wildman–Crippen LogP) is 2.67. The van der Waals surface area contributed by atoms with E-state index < -0.39 is 10.0 Å². The largest absolute Gasteiger partial charge is 0.361 e. The number of fused-ring (bicyclic) bond motifs is 1. The van der Waals surface area contributed by atoms with Gasteiger partial charge < -0.3 is 10.3 Å². The zero-order valence-electron chi connectivity index (χ0n) is 15.9. The number of carbonyl (C=O) groups is 1. The summed E-state index contributed by atoms with van der Waals surface area (Å²) >= 11 is 0. The van der Waals surface area contributed by atoms with E-state index in [9.17, 15) is 13.2 Å². The van der Waals surface area contributed by atoms with Crippen LogP contribution < -0.4 is 5.32 Å². The summed E-state index contributed by atoms with van der Waals surface area (Å²) in [6, 6.07) is 8.14. The van der Waals surface area contributed by atoms with Crippen LogP contribution in [0, 0.1) is 5.92 Å². The summed E-state index contributed by atoms with van der Waals surface area (Å²) in [6.45, 7) is 3.48. The Morgan fingerprint density at radius 1 is 1.26 bits per heavy atom. The highest BCUT2D eigenvalue weighted by molar-refractivity contribution is 7.89. The molecule has 1 fully saturated rings. The molecule has 0 bridgehead atoms. The molecule has 2 aromatic rings. The average Bonchev–Trinajstić information content (AvgIpc) is 3.10. The quantitative estimate of drug-likeness (QED) is 0.726. The van der Waals surface area contributed by atoms with Gasteiger partial charge in [0.05, 0.1) is 5.75 Å². The van der Waals surface area contributed by atoms with Crippen molar-refractivity contribution in [2.45, 2.75) is 39.0 Å². The highest BCUT2D eigenvalue weighted by Crippen LogP contribution is 2.21. The Hall–Kier alpha value is -1.86. The van der Waals surface area contributed by atoms with Crippen molar-refractivity contribution in [2.75, 3.05) is 25.4 Å². The lowest BCUT2D eigenvalue weighted by molar-refractivity contribution is -0.126. The van der Waals surface area contributed by atoms with Gasteiger partial charge in [-0.25, -0.2) is 12.7 Å². The van der Waals surface area contributed by atoms with Crippen LogP contribution in [0.5, 0.6) is 0 Å². The summed E-state index contributed by atoms with van der Waals surface area (Å²) in [7, 11) is -3.16. The van der Waals surface area contributed by atoms with Crippen molar-refractivity contribution in [1.82, 2.24) is 14.6 Å². The SMILES string of the molecule is CCCCS(=O)(=O)N1CCC(C(=O)NCCc2c[nH]c3ccccc23)CC1. The van der Waals surface area contributed by atoms with E-state index in [2.05, 4.69) is 16.4 Å². The van der Waals surface area contributed by atoms with E-state index in [4.69, 9.17) is 0 Å². The number of aromatic nitrogens is 1. The van der Waals surface area contributed by atoms with E-state index in [-0.39, 0.29) is 17.6 Å². The highest BCUT2D eigenvalue weighted by Gasteiger charge is 2.30. The van der Waals surface area contributed by atoms with Gasteiger partial charge in [-0.2, -0.15) is 0 Å². The number of aromatic amines is 1. The van der Waals surface area contributed by atoms with Crippen LogP contribution >= 0.6 is 0 Å². The normalized spacial score (nSPS) is 16.6. The summed E-state index contributed by atoms with van der Waals surface area (Å²) in [5, 5.41) is 4.21. The molecule has 1 aliphatic rings. The number of rotatable bonds is 8. The Bertz CT molecular complexity index is 867. The van der Waals surface area contributed by atoms with Crippen molar-refractivity contribution in [3.05, 3.63) is 36.0 Å². The molecule has 2 N–H and O–H groups in total. The number of amides is 1. The summed E-state index contributed by atoms with van der Waals surface area (Å²) in [4.78, 5) is 15.7. The number of unbranched alkanes of at least 4 members (excludes halogenated alkanes) is 1. The van der Waals surface area contributed by atoms with Gasteiger partial charge in [0.25, 0.3) is 0 Å². The van der Waals surface area contributed by atoms with Gasteiger partial charge in [0.2, 0.25) is 15.9 Å².